The third kappa shape index (κ3) is 4.54. The van der Waals surface area contributed by atoms with Crippen molar-refractivity contribution in [1.29, 1.82) is 5.26 Å². The number of hydrogen-bond donors (Lipinski definition) is 1. The summed E-state index contributed by atoms with van der Waals surface area (Å²) < 4.78 is 5.80. The molecule has 0 fully saturated rings. The van der Waals surface area contributed by atoms with Gasteiger partial charge < -0.3 is 10.1 Å². The molecule has 0 bridgehead atoms. The summed E-state index contributed by atoms with van der Waals surface area (Å²) in [5, 5.41) is 22.8. The molecule has 8 nitrogen and oxygen atoms in total. The van der Waals surface area contributed by atoms with Gasteiger partial charge in [-0.15, -0.1) is 0 Å². The lowest BCUT2D eigenvalue weighted by atomic mass is 10.1. The molecule has 2 aromatic carbocycles. The first-order chi connectivity index (χ1) is 13.9. The molecule has 0 aliphatic rings. The second kappa shape index (κ2) is 8.19. The van der Waals surface area contributed by atoms with Gasteiger partial charge in [-0.3, -0.25) is 19.9 Å². The van der Waals surface area contributed by atoms with Crippen molar-refractivity contribution >= 4 is 17.3 Å². The van der Waals surface area contributed by atoms with Gasteiger partial charge in [-0.25, -0.2) is 0 Å². The Kier molecular flexibility index (Phi) is 5.51. The van der Waals surface area contributed by atoms with Crippen LogP contribution in [0.25, 0.3) is 0 Å². The van der Waals surface area contributed by atoms with Gasteiger partial charge in [0.1, 0.15) is 23.1 Å². The number of nitrogens with zero attached hydrogens (tertiary/aromatic N) is 3. The van der Waals surface area contributed by atoms with Crippen molar-refractivity contribution < 1.29 is 14.5 Å². The predicted molar refractivity (Wildman–Crippen MR) is 106 cm³/mol. The average Bonchev–Trinajstić information content (AvgIpc) is 2.69. The lowest BCUT2D eigenvalue weighted by Crippen LogP contribution is -2.12. The van der Waals surface area contributed by atoms with E-state index in [0.717, 1.165) is 5.69 Å². The quantitative estimate of drug-likeness (QED) is 0.507. The number of amides is 1. The summed E-state index contributed by atoms with van der Waals surface area (Å²) in [6.45, 7) is 3.55. The molecule has 0 atom stereocenters. The van der Waals surface area contributed by atoms with Crippen LogP contribution in [-0.2, 0) is 0 Å². The zero-order valence-corrected chi connectivity index (χ0v) is 15.7. The molecule has 3 rings (SSSR count). The highest BCUT2D eigenvalue weighted by molar-refractivity contribution is 6.04. The van der Waals surface area contributed by atoms with Crippen molar-refractivity contribution in [3.63, 3.8) is 0 Å². The minimum absolute atomic E-state index is 0.155. The van der Waals surface area contributed by atoms with Crippen LogP contribution >= 0.6 is 0 Å². The zero-order valence-electron chi connectivity index (χ0n) is 15.7. The maximum absolute atomic E-state index is 12.3. The van der Waals surface area contributed by atoms with Crippen LogP contribution in [0.1, 0.15) is 27.3 Å². The molecule has 0 aliphatic carbocycles. The van der Waals surface area contributed by atoms with Crippen molar-refractivity contribution in [2.45, 2.75) is 13.8 Å². The van der Waals surface area contributed by atoms with E-state index in [1.165, 1.54) is 24.3 Å². The predicted octanol–water partition coefficient (Wildman–Crippen LogP) is 4.52. The third-order valence-electron chi connectivity index (χ3n) is 4.06. The standard InChI is InChI=1S/C21H16N4O4/c1-13-10-20(19(12-22)14(2)23-13)29-18-8-6-16(7-9-18)24-21(26)15-4-3-5-17(11-15)25(27)28/h3-11H,1-2H3,(H,24,26). The van der Waals surface area contributed by atoms with Crippen LogP contribution in [0.4, 0.5) is 11.4 Å². The molecule has 1 N–H and O–H groups in total. The minimum atomic E-state index is -0.555. The number of pyridine rings is 1. The Balaban J connectivity index is 1.74. The van der Waals surface area contributed by atoms with Crippen LogP contribution in [0.5, 0.6) is 11.5 Å². The number of nitro benzene ring substituents is 1. The Labute approximate surface area is 166 Å². The van der Waals surface area contributed by atoms with Crippen molar-refractivity contribution in [1.82, 2.24) is 4.98 Å². The Morgan fingerprint density at radius 2 is 1.90 bits per heavy atom. The molecular formula is C21H16N4O4. The van der Waals surface area contributed by atoms with Crippen LogP contribution in [0.3, 0.4) is 0 Å². The van der Waals surface area contributed by atoms with E-state index >= 15 is 0 Å². The molecule has 0 saturated heterocycles. The summed E-state index contributed by atoms with van der Waals surface area (Å²) >= 11 is 0. The summed E-state index contributed by atoms with van der Waals surface area (Å²) in [7, 11) is 0. The molecule has 8 heteroatoms. The molecule has 3 aromatic rings. The molecule has 144 valence electrons. The Bertz CT molecular complexity index is 1130. The van der Waals surface area contributed by atoms with E-state index in [4.69, 9.17) is 4.74 Å². The first-order valence-electron chi connectivity index (χ1n) is 8.59. The van der Waals surface area contributed by atoms with Crippen molar-refractivity contribution in [2.75, 3.05) is 5.32 Å². The van der Waals surface area contributed by atoms with E-state index in [0.29, 0.717) is 28.4 Å². The van der Waals surface area contributed by atoms with Gasteiger partial charge in [0.2, 0.25) is 0 Å². The van der Waals surface area contributed by atoms with Gasteiger partial charge in [0.15, 0.2) is 0 Å². The third-order valence-corrected chi connectivity index (χ3v) is 4.06. The monoisotopic (exact) mass is 388 g/mol. The number of benzene rings is 2. The Morgan fingerprint density at radius 3 is 2.55 bits per heavy atom. The maximum atomic E-state index is 12.3. The SMILES string of the molecule is Cc1cc(Oc2ccc(NC(=O)c3cccc([N+](=O)[O-])c3)cc2)c(C#N)c(C)n1. The van der Waals surface area contributed by atoms with E-state index in [1.807, 2.05) is 6.92 Å². The van der Waals surface area contributed by atoms with Crippen molar-refractivity contribution in [2.24, 2.45) is 0 Å². The molecule has 1 heterocycles. The summed E-state index contributed by atoms with van der Waals surface area (Å²) in [6, 6.07) is 15.8. The summed E-state index contributed by atoms with van der Waals surface area (Å²) in [4.78, 5) is 26.9. The number of ether oxygens (including phenoxy) is 1. The van der Waals surface area contributed by atoms with Crippen molar-refractivity contribution in [3.8, 4) is 17.6 Å². The maximum Gasteiger partial charge on any atom is 0.270 e. The molecule has 0 aliphatic heterocycles. The molecule has 0 spiro atoms. The van der Waals surface area contributed by atoms with Gasteiger partial charge in [-0.05, 0) is 44.2 Å². The molecule has 0 unspecified atom stereocenters. The van der Waals surface area contributed by atoms with Crippen LogP contribution in [0.2, 0.25) is 0 Å². The number of nitrogens with one attached hydrogen (secondary N) is 1. The molecule has 0 radical (unpaired) electrons. The first kappa shape index (κ1) is 19.5. The van der Waals surface area contributed by atoms with Gasteiger partial charge in [0.25, 0.3) is 11.6 Å². The summed E-state index contributed by atoms with van der Waals surface area (Å²) in [6.07, 6.45) is 0. The number of hydrogen-bond acceptors (Lipinski definition) is 6. The van der Waals surface area contributed by atoms with Crippen LogP contribution < -0.4 is 10.1 Å². The van der Waals surface area contributed by atoms with Crippen molar-refractivity contribution in [3.05, 3.63) is 87.2 Å². The highest BCUT2D eigenvalue weighted by atomic mass is 16.6. The second-order valence-corrected chi connectivity index (χ2v) is 6.22. The van der Waals surface area contributed by atoms with Gasteiger partial charge >= 0.3 is 0 Å². The van der Waals surface area contributed by atoms with Gasteiger partial charge in [-0.1, -0.05) is 6.07 Å². The number of rotatable bonds is 5. The lowest BCUT2D eigenvalue weighted by molar-refractivity contribution is -0.384. The molecule has 29 heavy (non-hydrogen) atoms. The largest absolute Gasteiger partial charge is 0.456 e. The highest BCUT2D eigenvalue weighted by Crippen LogP contribution is 2.28. The number of nitro groups is 1. The Hall–Kier alpha value is -4.25. The first-order valence-corrected chi connectivity index (χ1v) is 8.59. The molecule has 0 saturated carbocycles. The number of carbonyl (C=O) groups is 1. The number of nitriles is 1. The van der Waals surface area contributed by atoms with Crippen LogP contribution in [0.15, 0.2) is 54.6 Å². The van der Waals surface area contributed by atoms with E-state index in [2.05, 4.69) is 16.4 Å². The average molecular weight is 388 g/mol. The molecular weight excluding hydrogens is 372 g/mol. The zero-order chi connectivity index (χ0) is 21.0. The normalized spacial score (nSPS) is 10.1. The van der Waals surface area contributed by atoms with E-state index < -0.39 is 10.8 Å². The Morgan fingerprint density at radius 1 is 1.17 bits per heavy atom. The summed E-state index contributed by atoms with van der Waals surface area (Å²) in [5.74, 6) is 0.431. The van der Waals surface area contributed by atoms with Gasteiger partial charge in [-0.2, -0.15) is 5.26 Å². The molecule has 1 aromatic heterocycles. The van der Waals surface area contributed by atoms with E-state index in [-0.39, 0.29) is 11.3 Å². The van der Waals surface area contributed by atoms with Gasteiger partial charge in [0.05, 0.1) is 10.6 Å². The second-order valence-electron chi connectivity index (χ2n) is 6.22. The van der Waals surface area contributed by atoms with E-state index in [9.17, 15) is 20.2 Å². The topological polar surface area (TPSA) is 118 Å². The van der Waals surface area contributed by atoms with Gasteiger partial charge in [0, 0.05) is 35.1 Å². The number of non-ortho nitro benzene ring substituents is 1. The minimum Gasteiger partial charge on any atom is -0.456 e. The smallest absolute Gasteiger partial charge is 0.270 e. The fraction of sp³-hybridized carbons (Fsp3) is 0.0952. The number of aromatic nitrogens is 1. The number of carbonyl (C=O) groups excluding carboxylic acids is 1. The number of anilines is 1. The van der Waals surface area contributed by atoms with E-state index in [1.54, 1.807) is 37.3 Å². The van der Waals surface area contributed by atoms with Crippen LogP contribution in [0, 0.1) is 35.3 Å². The summed E-state index contributed by atoms with van der Waals surface area (Å²) in [5.41, 5.74) is 2.20. The highest BCUT2D eigenvalue weighted by Gasteiger charge is 2.13. The molecule has 1 amide bonds. The van der Waals surface area contributed by atoms with Crippen LogP contribution in [-0.4, -0.2) is 15.8 Å². The fourth-order valence-electron chi connectivity index (χ4n) is 2.71. The number of aryl methyl sites for hydroxylation is 2. The fourth-order valence-corrected chi connectivity index (χ4v) is 2.71. The lowest BCUT2D eigenvalue weighted by Gasteiger charge is -2.11.